The summed E-state index contributed by atoms with van der Waals surface area (Å²) >= 11 is 0. The molecule has 1 saturated carbocycles. The number of hydrogen-bond donors (Lipinski definition) is 0. The number of esters is 1. The van der Waals surface area contributed by atoms with Crippen molar-refractivity contribution in [1.82, 2.24) is 0 Å². The predicted molar refractivity (Wildman–Crippen MR) is 67.3 cm³/mol. The monoisotopic (exact) mass is 247 g/mol. The second-order valence-electron chi connectivity index (χ2n) is 5.31. The lowest BCUT2D eigenvalue weighted by atomic mass is 9.78. The number of epoxide rings is 1. The zero-order valence-electron chi connectivity index (χ0n) is 10.5. The van der Waals surface area contributed by atoms with Crippen molar-refractivity contribution in [2.24, 2.45) is 4.99 Å². The SMILES string of the molecule is C=C(C)C(=O)OC1(C2=CN=CC2)CCC2OC2C1. The number of carbonyl (C=O) groups excluding carboxylic acids is 1. The molecule has 0 amide bonds. The lowest BCUT2D eigenvalue weighted by Gasteiger charge is -2.36. The molecule has 96 valence electrons. The van der Waals surface area contributed by atoms with E-state index in [2.05, 4.69) is 11.6 Å². The minimum absolute atomic E-state index is 0.248. The van der Waals surface area contributed by atoms with E-state index in [0.29, 0.717) is 11.7 Å². The van der Waals surface area contributed by atoms with Crippen LogP contribution in [0.4, 0.5) is 0 Å². The Kier molecular flexibility index (Phi) is 2.63. The standard InChI is InChI=1S/C14H17NO3/c1-9(2)13(16)18-14(10-4-6-15-8-10)5-3-11-12(7-14)17-11/h6,8,11-12H,1,3-5,7H2,2H3. The van der Waals surface area contributed by atoms with Gasteiger partial charge in [-0.2, -0.15) is 0 Å². The summed E-state index contributed by atoms with van der Waals surface area (Å²) in [6, 6.07) is 0. The van der Waals surface area contributed by atoms with Crippen molar-refractivity contribution in [1.29, 1.82) is 0 Å². The van der Waals surface area contributed by atoms with Crippen molar-refractivity contribution in [2.45, 2.75) is 50.4 Å². The third-order valence-electron chi connectivity index (χ3n) is 3.92. The van der Waals surface area contributed by atoms with Crippen LogP contribution in [0.3, 0.4) is 0 Å². The summed E-state index contributed by atoms with van der Waals surface area (Å²) < 4.78 is 11.3. The molecule has 18 heavy (non-hydrogen) atoms. The van der Waals surface area contributed by atoms with E-state index in [4.69, 9.17) is 9.47 Å². The number of hydrogen-bond acceptors (Lipinski definition) is 4. The Balaban J connectivity index is 1.83. The van der Waals surface area contributed by atoms with Crippen molar-refractivity contribution in [2.75, 3.05) is 0 Å². The summed E-state index contributed by atoms with van der Waals surface area (Å²) in [6.07, 6.45) is 7.60. The first-order chi connectivity index (χ1) is 8.61. The van der Waals surface area contributed by atoms with E-state index in [1.165, 1.54) is 0 Å². The van der Waals surface area contributed by atoms with E-state index >= 15 is 0 Å². The molecular weight excluding hydrogens is 230 g/mol. The molecule has 2 heterocycles. The number of aliphatic imine (C=N–C) groups is 1. The normalized spacial score (nSPS) is 36.8. The van der Waals surface area contributed by atoms with Crippen LogP contribution in [0.2, 0.25) is 0 Å². The fourth-order valence-corrected chi connectivity index (χ4v) is 2.78. The van der Waals surface area contributed by atoms with Crippen molar-refractivity contribution < 1.29 is 14.3 Å². The molecule has 3 aliphatic rings. The van der Waals surface area contributed by atoms with Gasteiger partial charge in [-0.15, -0.1) is 0 Å². The predicted octanol–water partition coefficient (Wildman–Crippen LogP) is 2.15. The third-order valence-corrected chi connectivity index (χ3v) is 3.92. The van der Waals surface area contributed by atoms with Crippen LogP contribution >= 0.6 is 0 Å². The number of fused-ring (bicyclic) bond motifs is 1. The molecule has 4 heteroatoms. The fraction of sp³-hybridized carbons (Fsp3) is 0.571. The Labute approximate surface area is 106 Å². The third kappa shape index (κ3) is 1.90. The summed E-state index contributed by atoms with van der Waals surface area (Å²) in [5.41, 5.74) is 1.00. The van der Waals surface area contributed by atoms with Gasteiger partial charge in [-0.3, -0.25) is 4.99 Å². The van der Waals surface area contributed by atoms with Gasteiger partial charge in [0.25, 0.3) is 0 Å². The van der Waals surface area contributed by atoms with Gasteiger partial charge in [0, 0.05) is 30.8 Å². The zero-order valence-corrected chi connectivity index (χ0v) is 10.5. The topological polar surface area (TPSA) is 51.2 Å². The van der Waals surface area contributed by atoms with Gasteiger partial charge < -0.3 is 9.47 Å². The van der Waals surface area contributed by atoms with Crippen LogP contribution in [0.15, 0.2) is 28.9 Å². The van der Waals surface area contributed by atoms with E-state index in [9.17, 15) is 4.79 Å². The Bertz CT molecular complexity index is 466. The summed E-state index contributed by atoms with van der Waals surface area (Å²) in [5.74, 6) is -0.318. The average Bonchev–Trinajstić information content (AvgIpc) is 2.88. The van der Waals surface area contributed by atoms with Gasteiger partial charge in [0.1, 0.15) is 5.60 Å². The van der Waals surface area contributed by atoms with Crippen molar-refractivity contribution in [3.63, 3.8) is 0 Å². The molecule has 2 aliphatic heterocycles. The molecule has 2 fully saturated rings. The van der Waals surface area contributed by atoms with E-state index in [1.54, 1.807) is 6.92 Å². The Morgan fingerprint density at radius 1 is 1.61 bits per heavy atom. The average molecular weight is 247 g/mol. The highest BCUT2D eigenvalue weighted by atomic mass is 16.6. The quantitative estimate of drug-likeness (QED) is 0.436. The van der Waals surface area contributed by atoms with E-state index in [-0.39, 0.29) is 12.1 Å². The smallest absolute Gasteiger partial charge is 0.333 e. The van der Waals surface area contributed by atoms with Crippen LogP contribution in [-0.4, -0.2) is 30.0 Å². The van der Waals surface area contributed by atoms with Gasteiger partial charge in [0.05, 0.1) is 12.2 Å². The maximum Gasteiger partial charge on any atom is 0.333 e. The molecule has 0 spiro atoms. The first-order valence-corrected chi connectivity index (χ1v) is 6.36. The molecule has 0 bridgehead atoms. The highest BCUT2D eigenvalue weighted by molar-refractivity contribution is 5.87. The molecule has 0 aromatic heterocycles. The van der Waals surface area contributed by atoms with Crippen molar-refractivity contribution >= 4 is 12.2 Å². The number of rotatable bonds is 3. The lowest BCUT2D eigenvalue weighted by molar-refractivity contribution is -0.153. The van der Waals surface area contributed by atoms with Gasteiger partial charge in [-0.25, -0.2) is 4.79 Å². The van der Waals surface area contributed by atoms with Crippen LogP contribution in [0.1, 0.15) is 32.6 Å². The number of nitrogens with zero attached hydrogens (tertiary/aromatic N) is 1. The minimum Gasteiger partial charge on any atom is -0.451 e. The van der Waals surface area contributed by atoms with Crippen LogP contribution < -0.4 is 0 Å². The van der Waals surface area contributed by atoms with Crippen molar-refractivity contribution in [3.8, 4) is 0 Å². The maximum absolute atomic E-state index is 11.9. The molecule has 0 aromatic carbocycles. The van der Waals surface area contributed by atoms with E-state index in [1.807, 2.05) is 12.4 Å². The van der Waals surface area contributed by atoms with Crippen LogP contribution in [0, 0.1) is 0 Å². The Hall–Kier alpha value is -1.42. The van der Waals surface area contributed by atoms with E-state index in [0.717, 1.165) is 31.3 Å². The van der Waals surface area contributed by atoms with Gasteiger partial charge in [0.15, 0.2) is 0 Å². The van der Waals surface area contributed by atoms with E-state index < -0.39 is 5.60 Å². The number of ether oxygens (including phenoxy) is 2. The summed E-state index contributed by atoms with van der Waals surface area (Å²) in [5, 5.41) is 0. The molecule has 3 atom stereocenters. The highest BCUT2D eigenvalue weighted by Crippen LogP contribution is 2.48. The summed E-state index contributed by atoms with van der Waals surface area (Å²) in [4.78, 5) is 16.0. The summed E-state index contributed by atoms with van der Waals surface area (Å²) in [7, 11) is 0. The fourth-order valence-electron chi connectivity index (χ4n) is 2.78. The molecule has 0 N–H and O–H groups in total. The second-order valence-corrected chi connectivity index (χ2v) is 5.31. The largest absolute Gasteiger partial charge is 0.451 e. The minimum atomic E-state index is -0.524. The number of carbonyl (C=O) groups is 1. The van der Waals surface area contributed by atoms with Crippen LogP contribution in [0.25, 0.3) is 0 Å². The van der Waals surface area contributed by atoms with Gasteiger partial charge in [-0.1, -0.05) is 6.58 Å². The van der Waals surface area contributed by atoms with Crippen LogP contribution in [0.5, 0.6) is 0 Å². The Morgan fingerprint density at radius 3 is 3.06 bits per heavy atom. The Morgan fingerprint density at radius 2 is 2.44 bits per heavy atom. The van der Waals surface area contributed by atoms with Gasteiger partial charge in [0.2, 0.25) is 0 Å². The molecule has 3 unspecified atom stereocenters. The molecular formula is C14H17NO3. The summed E-state index contributed by atoms with van der Waals surface area (Å²) in [6.45, 7) is 5.33. The first-order valence-electron chi connectivity index (χ1n) is 6.36. The first kappa shape index (κ1) is 11.7. The molecule has 3 rings (SSSR count). The maximum atomic E-state index is 11.9. The zero-order chi connectivity index (χ0) is 12.8. The van der Waals surface area contributed by atoms with Gasteiger partial charge in [-0.05, 0) is 25.3 Å². The molecule has 0 radical (unpaired) electrons. The van der Waals surface area contributed by atoms with Crippen LogP contribution in [-0.2, 0) is 14.3 Å². The molecule has 4 nitrogen and oxygen atoms in total. The highest BCUT2D eigenvalue weighted by Gasteiger charge is 2.54. The molecule has 1 saturated heterocycles. The molecule has 1 aliphatic carbocycles. The second kappa shape index (κ2) is 4.05. The lowest BCUT2D eigenvalue weighted by Crippen LogP contribution is -2.41. The molecule has 0 aromatic rings. The van der Waals surface area contributed by atoms with Crippen molar-refractivity contribution in [3.05, 3.63) is 23.9 Å². The van der Waals surface area contributed by atoms with Gasteiger partial charge >= 0.3 is 5.97 Å².